The van der Waals surface area contributed by atoms with E-state index in [-0.39, 0.29) is 5.41 Å². The van der Waals surface area contributed by atoms with Crippen LogP contribution in [-0.2, 0) is 5.41 Å². The third kappa shape index (κ3) is 1.80. The lowest BCUT2D eigenvalue weighted by Gasteiger charge is -2.50. The molecule has 0 fully saturated rings. The lowest BCUT2D eigenvalue weighted by molar-refractivity contribution is 0.189. The van der Waals surface area contributed by atoms with Crippen molar-refractivity contribution in [3.05, 3.63) is 70.8 Å². The van der Waals surface area contributed by atoms with Crippen molar-refractivity contribution in [2.45, 2.75) is 36.7 Å². The highest BCUT2D eigenvalue weighted by Crippen LogP contribution is 2.57. The Hall–Kier alpha value is -1.93. The fourth-order valence-electron chi connectivity index (χ4n) is 4.66. The van der Waals surface area contributed by atoms with Crippen LogP contribution < -0.4 is 0 Å². The first-order chi connectivity index (χ1) is 10.8. The Morgan fingerprint density at radius 3 is 2.32 bits per heavy atom. The van der Waals surface area contributed by atoms with Crippen molar-refractivity contribution >= 4 is 6.21 Å². The average Bonchev–Trinajstić information content (AvgIpc) is 2.56. The molecule has 2 bridgehead atoms. The molecule has 2 aromatic carbocycles. The summed E-state index contributed by atoms with van der Waals surface area (Å²) in [5, 5.41) is 10.4. The first-order valence-electron chi connectivity index (χ1n) is 8.05. The number of aliphatic hydroxyl groups excluding tert-OH is 1. The standard InChI is InChI=1S/C20H21NO/c1-21-13-14(22)12-20-11-10-15(16-6-2-4-8-18(16)20)17-7-3-5-9-19(17)20/h2-9,13-15,22H,10-12H2,1H3/t14-,15?,20?/m1/s1. The number of rotatable bonds is 3. The molecule has 2 heteroatoms. The van der Waals surface area contributed by atoms with Gasteiger partial charge in [0.15, 0.2) is 0 Å². The summed E-state index contributed by atoms with van der Waals surface area (Å²) in [6.45, 7) is 0. The van der Waals surface area contributed by atoms with Gasteiger partial charge in [0.2, 0.25) is 0 Å². The molecular formula is C20H21NO. The number of nitrogens with zero attached hydrogens (tertiary/aromatic N) is 1. The maximum Gasteiger partial charge on any atom is 0.0898 e. The van der Waals surface area contributed by atoms with E-state index in [1.54, 1.807) is 13.3 Å². The number of fused-ring (bicyclic) bond motifs is 1. The van der Waals surface area contributed by atoms with E-state index in [2.05, 4.69) is 53.5 Å². The molecule has 0 saturated carbocycles. The van der Waals surface area contributed by atoms with Gasteiger partial charge in [-0.05, 0) is 41.5 Å². The molecule has 5 rings (SSSR count). The van der Waals surface area contributed by atoms with Crippen molar-refractivity contribution in [3.63, 3.8) is 0 Å². The minimum absolute atomic E-state index is 0.0669. The molecule has 0 radical (unpaired) electrons. The van der Waals surface area contributed by atoms with Crippen LogP contribution in [0.15, 0.2) is 53.5 Å². The fraction of sp³-hybridized carbons (Fsp3) is 0.350. The smallest absolute Gasteiger partial charge is 0.0898 e. The highest BCUT2D eigenvalue weighted by molar-refractivity contribution is 5.65. The maximum atomic E-state index is 10.4. The first kappa shape index (κ1) is 13.7. The number of hydrogen-bond acceptors (Lipinski definition) is 2. The first-order valence-corrected chi connectivity index (χ1v) is 8.05. The van der Waals surface area contributed by atoms with Crippen molar-refractivity contribution in [1.29, 1.82) is 0 Å². The normalized spacial score (nSPS) is 26.7. The van der Waals surface area contributed by atoms with Crippen LogP contribution in [0.5, 0.6) is 0 Å². The summed E-state index contributed by atoms with van der Waals surface area (Å²) < 4.78 is 0. The minimum Gasteiger partial charge on any atom is -0.387 e. The van der Waals surface area contributed by atoms with E-state index in [9.17, 15) is 5.11 Å². The Labute approximate surface area is 131 Å². The van der Waals surface area contributed by atoms with Gasteiger partial charge >= 0.3 is 0 Å². The molecule has 0 spiro atoms. The second-order valence-corrected chi connectivity index (χ2v) is 6.53. The lowest BCUT2D eigenvalue weighted by Crippen LogP contribution is -2.42. The Bertz CT molecular complexity index is 686. The van der Waals surface area contributed by atoms with E-state index in [1.165, 1.54) is 28.7 Å². The van der Waals surface area contributed by atoms with Crippen molar-refractivity contribution < 1.29 is 5.11 Å². The molecule has 22 heavy (non-hydrogen) atoms. The summed E-state index contributed by atoms with van der Waals surface area (Å²) in [6.07, 6.45) is 4.16. The van der Waals surface area contributed by atoms with Crippen LogP contribution in [0.4, 0.5) is 0 Å². The fourth-order valence-corrected chi connectivity index (χ4v) is 4.66. The molecular weight excluding hydrogens is 270 g/mol. The van der Waals surface area contributed by atoms with Crippen LogP contribution in [0.1, 0.15) is 47.4 Å². The zero-order valence-corrected chi connectivity index (χ0v) is 12.9. The SMILES string of the molecule is CN=C[C@H](O)CC12CCC(c3ccccc31)c1ccccc12. The van der Waals surface area contributed by atoms with Crippen LogP contribution in [0.2, 0.25) is 0 Å². The van der Waals surface area contributed by atoms with Crippen LogP contribution in [-0.4, -0.2) is 24.5 Å². The zero-order chi connectivity index (χ0) is 15.2. The second-order valence-electron chi connectivity index (χ2n) is 6.53. The summed E-state index contributed by atoms with van der Waals surface area (Å²) in [7, 11) is 1.72. The van der Waals surface area contributed by atoms with Gasteiger partial charge in [0.05, 0.1) is 6.10 Å². The number of aliphatic imine (C=N–C) groups is 1. The number of aliphatic hydroxyl groups is 1. The van der Waals surface area contributed by atoms with E-state index in [1.807, 2.05) is 0 Å². The summed E-state index contributed by atoms with van der Waals surface area (Å²) in [4.78, 5) is 4.02. The van der Waals surface area contributed by atoms with Crippen molar-refractivity contribution in [1.82, 2.24) is 0 Å². The predicted octanol–water partition coefficient (Wildman–Crippen LogP) is 3.66. The molecule has 0 aliphatic heterocycles. The van der Waals surface area contributed by atoms with Crippen molar-refractivity contribution in [3.8, 4) is 0 Å². The summed E-state index contributed by atoms with van der Waals surface area (Å²) in [5.41, 5.74) is 5.66. The third-order valence-corrected chi connectivity index (χ3v) is 5.44. The summed E-state index contributed by atoms with van der Waals surface area (Å²) in [5.74, 6) is 0.520. The van der Waals surface area contributed by atoms with Crippen molar-refractivity contribution in [2.24, 2.45) is 4.99 Å². The van der Waals surface area contributed by atoms with Gasteiger partial charge in [0, 0.05) is 24.6 Å². The van der Waals surface area contributed by atoms with Gasteiger partial charge in [-0.1, -0.05) is 48.5 Å². The molecule has 0 heterocycles. The molecule has 0 amide bonds. The second kappa shape index (κ2) is 5.06. The van der Waals surface area contributed by atoms with E-state index < -0.39 is 6.10 Å². The van der Waals surface area contributed by atoms with Gasteiger partial charge < -0.3 is 5.11 Å². The predicted molar refractivity (Wildman–Crippen MR) is 89.8 cm³/mol. The number of hydrogen-bond donors (Lipinski definition) is 1. The van der Waals surface area contributed by atoms with E-state index >= 15 is 0 Å². The number of benzene rings is 2. The van der Waals surface area contributed by atoms with Crippen LogP contribution >= 0.6 is 0 Å². The van der Waals surface area contributed by atoms with Gasteiger partial charge in [-0.25, -0.2) is 0 Å². The summed E-state index contributed by atoms with van der Waals surface area (Å²) in [6, 6.07) is 17.6. The van der Waals surface area contributed by atoms with Crippen LogP contribution in [0.3, 0.4) is 0 Å². The molecule has 0 aromatic heterocycles. The molecule has 0 unspecified atom stereocenters. The molecule has 3 aliphatic rings. The van der Waals surface area contributed by atoms with Gasteiger partial charge in [-0.2, -0.15) is 0 Å². The molecule has 2 nitrogen and oxygen atoms in total. The molecule has 3 aliphatic carbocycles. The maximum absolute atomic E-state index is 10.4. The van der Waals surface area contributed by atoms with Gasteiger partial charge in [-0.15, -0.1) is 0 Å². The highest BCUT2D eigenvalue weighted by atomic mass is 16.3. The van der Waals surface area contributed by atoms with E-state index in [4.69, 9.17) is 0 Å². The molecule has 0 saturated heterocycles. The Morgan fingerprint density at radius 2 is 1.73 bits per heavy atom. The monoisotopic (exact) mass is 291 g/mol. The van der Waals surface area contributed by atoms with Crippen LogP contribution in [0.25, 0.3) is 0 Å². The Balaban J connectivity index is 1.93. The summed E-state index contributed by atoms with van der Waals surface area (Å²) >= 11 is 0. The molecule has 1 N–H and O–H groups in total. The van der Waals surface area contributed by atoms with E-state index in [0.29, 0.717) is 12.3 Å². The highest BCUT2D eigenvalue weighted by Gasteiger charge is 2.48. The largest absolute Gasteiger partial charge is 0.387 e. The molecule has 1 atom stereocenters. The molecule has 2 aromatic rings. The topological polar surface area (TPSA) is 32.6 Å². The Kier molecular flexibility index (Phi) is 3.16. The third-order valence-electron chi connectivity index (χ3n) is 5.44. The quantitative estimate of drug-likeness (QED) is 0.860. The average molecular weight is 291 g/mol. The van der Waals surface area contributed by atoms with Gasteiger partial charge in [0.1, 0.15) is 0 Å². The molecule has 112 valence electrons. The zero-order valence-electron chi connectivity index (χ0n) is 12.9. The van der Waals surface area contributed by atoms with Gasteiger partial charge in [0.25, 0.3) is 0 Å². The van der Waals surface area contributed by atoms with Crippen molar-refractivity contribution in [2.75, 3.05) is 7.05 Å². The van der Waals surface area contributed by atoms with E-state index in [0.717, 1.165) is 6.42 Å². The van der Waals surface area contributed by atoms with Crippen LogP contribution in [0, 0.1) is 0 Å². The van der Waals surface area contributed by atoms with Gasteiger partial charge in [-0.3, -0.25) is 4.99 Å². The lowest BCUT2D eigenvalue weighted by atomic mass is 9.54. The minimum atomic E-state index is -0.499. The Morgan fingerprint density at radius 1 is 1.14 bits per heavy atom.